The molecule has 0 amide bonds. The highest BCUT2D eigenvalue weighted by molar-refractivity contribution is 5.95. The number of rotatable bonds is 5. The maximum Gasteiger partial charge on any atom is 0.221 e. The predicted molar refractivity (Wildman–Crippen MR) is 108 cm³/mol. The molecular weight excluding hydrogens is 354 g/mol. The first-order chi connectivity index (χ1) is 13.6. The smallest absolute Gasteiger partial charge is 0.221 e. The molecule has 3 aromatic carbocycles. The number of methoxy groups -OCH3 is 1. The second-order valence-corrected chi connectivity index (χ2v) is 6.27. The Morgan fingerprint density at radius 2 is 1.71 bits per heavy atom. The third kappa shape index (κ3) is 3.53. The Morgan fingerprint density at radius 3 is 2.43 bits per heavy atom. The molecule has 0 atom stereocenters. The van der Waals surface area contributed by atoms with E-state index in [4.69, 9.17) is 15.2 Å². The highest BCUT2D eigenvalue weighted by atomic mass is 16.5. The number of nitrogens with zero attached hydrogens (tertiary/aromatic N) is 2. The van der Waals surface area contributed by atoms with Gasteiger partial charge in [-0.1, -0.05) is 30.3 Å². The van der Waals surface area contributed by atoms with E-state index in [-0.39, 0.29) is 11.7 Å². The van der Waals surface area contributed by atoms with E-state index in [9.17, 15) is 5.11 Å². The number of nitrogen functional groups attached to an aromatic ring is 1. The fourth-order valence-electron chi connectivity index (χ4n) is 3.00. The lowest BCUT2D eigenvalue weighted by molar-refractivity contribution is 0.306. The number of phenolic OH excluding ortho intramolecular Hbond substituents is 1. The fraction of sp³-hybridized carbons (Fsp3) is 0.0909. The lowest BCUT2D eigenvalue weighted by atomic mass is 10.1. The van der Waals surface area contributed by atoms with Crippen LogP contribution >= 0.6 is 0 Å². The Hall–Kier alpha value is -3.80. The third-order valence-corrected chi connectivity index (χ3v) is 4.39. The van der Waals surface area contributed by atoms with E-state index in [1.807, 2.05) is 54.6 Å². The summed E-state index contributed by atoms with van der Waals surface area (Å²) in [6.45, 7) is 0.497. The Morgan fingerprint density at radius 1 is 0.964 bits per heavy atom. The van der Waals surface area contributed by atoms with Crippen molar-refractivity contribution in [3.8, 4) is 28.5 Å². The van der Waals surface area contributed by atoms with Crippen LogP contribution in [-0.2, 0) is 6.61 Å². The van der Waals surface area contributed by atoms with Gasteiger partial charge in [0.05, 0.1) is 18.3 Å². The molecule has 6 nitrogen and oxygen atoms in total. The van der Waals surface area contributed by atoms with Gasteiger partial charge in [-0.05, 0) is 35.9 Å². The van der Waals surface area contributed by atoms with Gasteiger partial charge in [-0.3, -0.25) is 0 Å². The van der Waals surface area contributed by atoms with Crippen LogP contribution < -0.4 is 15.2 Å². The Kier molecular flexibility index (Phi) is 4.68. The maximum atomic E-state index is 10.1. The molecular formula is C22H19N3O3. The first-order valence-corrected chi connectivity index (χ1v) is 8.75. The minimum Gasteiger partial charge on any atom is -0.504 e. The minimum atomic E-state index is 0.0208. The molecule has 0 unspecified atom stereocenters. The molecule has 0 fully saturated rings. The molecule has 0 radical (unpaired) electrons. The van der Waals surface area contributed by atoms with Crippen molar-refractivity contribution in [2.45, 2.75) is 6.61 Å². The number of nitrogens with two attached hydrogens (primary N) is 1. The molecule has 28 heavy (non-hydrogen) atoms. The molecule has 3 N–H and O–H groups in total. The van der Waals surface area contributed by atoms with Gasteiger partial charge in [-0.2, -0.15) is 0 Å². The number of hydrogen-bond acceptors (Lipinski definition) is 6. The van der Waals surface area contributed by atoms with E-state index in [0.717, 1.165) is 16.9 Å². The SMILES string of the molecule is COc1cc2nc(N)nc(-c3ccc(OCc4ccccc4)cc3)c2cc1O. The van der Waals surface area contributed by atoms with Crippen LogP contribution in [0, 0.1) is 0 Å². The molecule has 1 heterocycles. The molecule has 0 aliphatic carbocycles. The number of aromatic hydroxyl groups is 1. The summed E-state index contributed by atoms with van der Waals surface area (Å²) in [6.07, 6.45) is 0. The second kappa shape index (κ2) is 7.44. The summed E-state index contributed by atoms with van der Waals surface area (Å²) in [7, 11) is 1.49. The maximum absolute atomic E-state index is 10.1. The van der Waals surface area contributed by atoms with Crippen molar-refractivity contribution >= 4 is 16.9 Å². The van der Waals surface area contributed by atoms with Crippen LogP contribution in [0.1, 0.15) is 5.56 Å². The van der Waals surface area contributed by atoms with Crippen molar-refractivity contribution in [1.82, 2.24) is 9.97 Å². The topological polar surface area (TPSA) is 90.5 Å². The van der Waals surface area contributed by atoms with E-state index < -0.39 is 0 Å². The van der Waals surface area contributed by atoms with Crippen molar-refractivity contribution < 1.29 is 14.6 Å². The fourth-order valence-corrected chi connectivity index (χ4v) is 3.00. The molecule has 140 valence electrons. The van der Waals surface area contributed by atoms with Gasteiger partial charge >= 0.3 is 0 Å². The largest absolute Gasteiger partial charge is 0.504 e. The van der Waals surface area contributed by atoms with Gasteiger partial charge < -0.3 is 20.3 Å². The van der Waals surface area contributed by atoms with Crippen LogP contribution in [0.15, 0.2) is 66.7 Å². The predicted octanol–water partition coefficient (Wildman–Crippen LogP) is 4.17. The lowest BCUT2D eigenvalue weighted by Gasteiger charge is -2.11. The molecule has 0 aliphatic heterocycles. The molecule has 4 aromatic rings. The number of benzene rings is 3. The zero-order valence-corrected chi connectivity index (χ0v) is 15.3. The van der Waals surface area contributed by atoms with Gasteiger partial charge in [0.15, 0.2) is 11.5 Å². The highest BCUT2D eigenvalue weighted by Gasteiger charge is 2.13. The van der Waals surface area contributed by atoms with E-state index in [1.165, 1.54) is 7.11 Å². The van der Waals surface area contributed by atoms with Crippen LogP contribution in [0.3, 0.4) is 0 Å². The quantitative estimate of drug-likeness (QED) is 0.546. The number of phenols is 1. The van der Waals surface area contributed by atoms with Gasteiger partial charge in [0.1, 0.15) is 12.4 Å². The number of hydrogen-bond donors (Lipinski definition) is 2. The van der Waals surface area contributed by atoms with Crippen LogP contribution in [0.4, 0.5) is 5.95 Å². The van der Waals surface area contributed by atoms with Gasteiger partial charge in [0.25, 0.3) is 0 Å². The lowest BCUT2D eigenvalue weighted by Crippen LogP contribution is -1.99. The first kappa shape index (κ1) is 17.6. The average molecular weight is 373 g/mol. The highest BCUT2D eigenvalue weighted by Crippen LogP contribution is 2.35. The molecule has 1 aromatic heterocycles. The van der Waals surface area contributed by atoms with Gasteiger partial charge in [-0.15, -0.1) is 0 Å². The van der Waals surface area contributed by atoms with Crippen LogP contribution in [0.25, 0.3) is 22.2 Å². The molecule has 0 saturated carbocycles. The molecule has 6 heteroatoms. The number of fused-ring (bicyclic) bond motifs is 1. The van der Waals surface area contributed by atoms with Crippen LogP contribution in [-0.4, -0.2) is 22.2 Å². The minimum absolute atomic E-state index is 0.0208. The normalized spacial score (nSPS) is 10.8. The van der Waals surface area contributed by atoms with Crippen molar-refractivity contribution in [2.24, 2.45) is 0 Å². The van der Waals surface area contributed by atoms with Crippen molar-refractivity contribution in [3.05, 3.63) is 72.3 Å². The number of ether oxygens (including phenoxy) is 2. The third-order valence-electron chi connectivity index (χ3n) is 4.39. The Labute approximate surface area is 162 Å². The summed E-state index contributed by atoms with van der Waals surface area (Å²) >= 11 is 0. The summed E-state index contributed by atoms with van der Waals surface area (Å²) in [5, 5.41) is 10.8. The Bertz CT molecular complexity index is 1110. The average Bonchev–Trinajstić information content (AvgIpc) is 2.73. The zero-order valence-electron chi connectivity index (χ0n) is 15.3. The van der Waals surface area contributed by atoms with Gasteiger partial charge in [0.2, 0.25) is 5.95 Å². The molecule has 0 aliphatic rings. The molecule has 0 bridgehead atoms. The molecule has 4 rings (SSSR count). The second-order valence-electron chi connectivity index (χ2n) is 6.27. The molecule has 0 saturated heterocycles. The summed E-state index contributed by atoms with van der Waals surface area (Å²) in [6, 6.07) is 20.8. The summed E-state index contributed by atoms with van der Waals surface area (Å²) in [5.41, 5.74) is 9.06. The monoisotopic (exact) mass is 373 g/mol. The van der Waals surface area contributed by atoms with Crippen molar-refractivity contribution in [2.75, 3.05) is 12.8 Å². The van der Waals surface area contributed by atoms with E-state index >= 15 is 0 Å². The summed E-state index contributed by atoms with van der Waals surface area (Å²) < 4.78 is 11.0. The van der Waals surface area contributed by atoms with Crippen LogP contribution in [0.2, 0.25) is 0 Å². The first-order valence-electron chi connectivity index (χ1n) is 8.75. The van der Waals surface area contributed by atoms with E-state index in [2.05, 4.69) is 9.97 Å². The van der Waals surface area contributed by atoms with E-state index in [0.29, 0.717) is 29.0 Å². The summed E-state index contributed by atoms with van der Waals surface area (Å²) in [4.78, 5) is 8.61. The van der Waals surface area contributed by atoms with E-state index in [1.54, 1.807) is 12.1 Å². The van der Waals surface area contributed by atoms with Gasteiger partial charge in [0, 0.05) is 17.0 Å². The molecule has 0 spiro atoms. The number of anilines is 1. The Balaban J connectivity index is 1.65. The number of aromatic nitrogens is 2. The van der Waals surface area contributed by atoms with Crippen molar-refractivity contribution in [1.29, 1.82) is 0 Å². The van der Waals surface area contributed by atoms with Crippen molar-refractivity contribution in [3.63, 3.8) is 0 Å². The zero-order chi connectivity index (χ0) is 19.5. The van der Waals surface area contributed by atoms with Crippen LogP contribution in [0.5, 0.6) is 17.2 Å². The standard InChI is InChI=1S/C22H19N3O3/c1-27-20-12-18-17(11-19(20)26)21(25-22(23)24-18)15-7-9-16(10-8-15)28-13-14-5-3-2-4-6-14/h2-12,26H,13H2,1H3,(H2,23,24,25). The van der Waals surface area contributed by atoms with Gasteiger partial charge in [-0.25, -0.2) is 9.97 Å². The summed E-state index contributed by atoms with van der Waals surface area (Å²) in [5.74, 6) is 1.26.